The molecule has 4 rings (SSSR count). The molecule has 0 unspecified atom stereocenters. The molecule has 1 aliphatic carbocycles. The number of benzene rings is 2. The van der Waals surface area contributed by atoms with E-state index in [1.165, 1.54) is 35.9 Å². The molecule has 1 N–H and O–H groups in total. The van der Waals surface area contributed by atoms with Crippen LogP contribution >= 0.6 is 0 Å². The largest absolute Gasteiger partial charge is 0.496 e. The third kappa shape index (κ3) is 6.78. The summed E-state index contributed by atoms with van der Waals surface area (Å²) in [4.78, 5) is 6.70. The summed E-state index contributed by atoms with van der Waals surface area (Å²) in [5, 5.41) is 0. The van der Waals surface area contributed by atoms with Crippen LogP contribution in [0, 0.1) is 0 Å². The Labute approximate surface area is 183 Å². The van der Waals surface area contributed by atoms with Crippen LogP contribution in [0.1, 0.15) is 35.4 Å². The summed E-state index contributed by atoms with van der Waals surface area (Å²) in [5.41, 5.74) is 6.00. The molecule has 0 bridgehead atoms. The van der Waals surface area contributed by atoms with Crippen LogP contribution in [0.15, 0.2) is 47.2 Å². The van der Waals surface area contributed by atoms with Gasteiger partial charge in [0.2, 0.25) is 0 Å². The van der Waals surface area contributed by atoms with Crippen LogP contribution in [0.3, 0.4) is 0 Å². The zero-order valence-corrected chi connectivity index (χ0v) is 19.1. The van der Waals surface area contributed by atoms with Crippen molar-refractivity contribution in [2.45, 2.75) is 31.6 Å². The van der Waals surface area contributed by atoms with E-state index in [1.54, 1.807) is 7.11 Å². The highest BCUT2D eigenvalue weighted by molar-refractivity contribution is 7.85. The topological polar surface area (TPSA) is 92.9 Å². The zero-order valence-electron chi connectivity index (χ0n) is 18.2. The average molecular weight is 447 g/mol. The van der Waals surface area contributed by atoms with Gasteiger partial charge in [0.15, 0.2) is 12.0 Å². The molecule has 8 heteroatoms. The average Bonchev–Trinajstić information content (AvgIpc) is 3.19. The molecule has 168 valence electrons. The van der Waals surface area contributed by atoms with E-state index in [2.05, 4.69) is 47.3 Å². The molecule has 31 heavy (non-hydrogen) atoms. The second-order valence-electron chi connectivity index (χ2n) is 8.02. The van der Waals surface area contributed by atoms with Gasteiger partial charge in [0.1, 0.15) is 11.3 Å². The van der Waals surface area contributed by atoms with Crippen LogP contribution in [0.25, 0.3) is 11.1 Å². The lowest BCUT2D eigenvalue weighted by atomic mass is 9.82. The second kappa shape index (κ2) is 10.3. The van der Waals surface area contributed by atoms with Crippen molar-refractivity contribution in [3.05, 3.63) is 59.5 Å². The Morgan fingerprint density at radius 3 is 2.81 bits per heavy atom. The van der Waals surface area contributed by atoms with Crippen molar-refractivity contribution < 1.29 is 22.1 Å². The predicted molar refractivity (Wildman–Crippen MR) is 121 cm³/mol. The lowest BCUT2D eigenvalue weighted by Gasteiger charge is -2.30. The first kappa shape index (κ1) is 23.2. The highest BCUT2D eigenvalue weighted by atomic mass is 32.2. The normalized spacial score (nSPS) is 16.0. The predicted octanol–water partition coefficient (Wildman–Crippen LogP) is 3.93. The zero-order chi connectivity index (χ0) is 22.4. The molecule has 1 aliphatic rings. The summed E-state index contributed by atoms with van der Waals surface area (Å²) >= 11 is 0. The minimum Gasteiger partial charge on any atom is -0.496 e. The molecule has 0 spiro atoms. The molecule has 7 nitrogen and oxygen atoms in total. The molecule has 1 aromatic heterocycles. The highest BCUT2D eigenvalue weighted by Gasteiger charge is 2.23. The maximum Gasteiger partial charge on any atom is 0.261 e. The Hall–Kier alpha value is -2.42. The molecular weight excluding hydrogens is 416 g/mol. The molecule has 3 aromatic rings. The number of fused-ring (bicyclic) bond motifs is 2. The van der Waals surface area contributed by atoms with Gasteiger partial charge in [0.05, 0.1) is 13.4 Å². The Kier molecular flexibility index (Phi) is 7.69. The summed E-state index contributed by atoms with van der Waals surface area (Å²) in [7, 11) is 0.333. The number of hydrogen-bond acceptors (Lipinski definition) is 6. The summed E-state index contributed by atoms with van der Waals surface area (Å²) < 4.78 is 36.8. The first-order valence-corrected chi connectivity index (χ1v) is 12.2. The molecule has 0 radical (unpaired) electrons. The summed E-state index contributed by atoms with van der Waals surface area (Å²) in [6.07, 6.45) is 6.89. The molecule has 1 heterocycles. The van der Waals surface area contributed by atoms with Crippen molar-refractivity contribution in [3.63, 3.8) is 0 Å². The minimum atomic E-state index is -3.67. The number of oxazole rings is 1. The molecule has 0 saturated carbocycles. The molecular formula is C23H30N2O5S. The Morgan fingerprint density at radius 1 is 1.29 bits per heavy atom. The van der Waals surface area contributed by atoms with E-state index in [0.717, 1.165) is 42.8 Å². The fourth-order valence-electron chi connectivity index (χ4n) is 4.14. The number of aromatic nitrogens is 1. The van der Waals surface area contributed by atoms with Gasteiger partial charge in [-0.1, -0.05) is 18.2 Å². The standard InChI is InChI=1S/C22H26N2O2.CH4O3S/c1-24(12-11-16-9-10-22-20(13-16)23-15-26-22)14-17-5-3-7-19-18(17)6-4-8-21(19)25-2;1-5(2,3)4/h4,6,8-10,13,15,17H,3,5,7,11-12,14H2,1-2H3;1H3,(H,2,3,4)/t17-;/m0./s1. The quantitative estimate of drug-likeness (QED) is 0.573. The molecule has 0 amide bonds. The van der Waals surface area contributed by atoms with Gasteiger partial charge in [-0.15, -0.1) is 0 Å². The van der Waals surface area contributed by atoms with E-state index in [0.29, 0.717) is 12.2 Å². The maximum absolute atomic E-state index is 9.19. The van der Waals surface area contributed by atoms with E-state index in [4.69, 9.17) is 13.7 Å². The van der Waals surface area contributed by atoms with Crippen molar-refractivity contribution in [2.75, 3.05) is 33.5 Å². The Morgan fingerprint density at radius 2 is 2.06 bits per heavy atom. The van der Waals surface area contributed by atoms with Crippen molar-refractivity contribution in [1.29, 1.82) is 0 Å². The number of rotatable bonds is 6. The fraction of sp³-hybridized carbons (Fsp3) is 0.435. The van der Waals surface area contributed by atoms with E-state index >= 15 is 0 Å². The van der Waals surface area contributed by atoms with Gasteiger partial charge in [-0.3, -0.25) is 4.55 Å². The van der Waals surface area contributed by atoms with Crippen LogP contribution in [-0.4, -0.2) is 56.4 Å². The summed E-state index contributed by atoms with van der Waals surface area (Å²) in [5.74, 6) is 1.65. The first-order chi connectivity index (χ1) is 14.7. The molecule has 0 saturated heterocycles. The van der Waals surface area contributed by atoms with Gasteiger partial charge in [-0.25, -0.2) is 4.98 Å². The van der Waals surface area contributed by atoms with E-state index in [-0.39, 0.29) is 0 Å². The van der Waals surface area contributed by atoms with Crippen molar-refractivity contribution >= 4 is 21.2 Å². The van der Waals surface area contributed by atoms with Crippen molar-refractivity contribution in [3.8, 4) is 5.75 Å². The minimum absolute atomic E-state index is 0.594. The number of nitrogens with zero attached hydrogens (tertiary/aromatic N) is 2. The van der Waals surface area contributed by atoms with Gasteiger partial charge in [-0.05, 0) is 73.5 Å². The third-order valence-corrected chi connectivity index (χ3v) is 5.52. The van der Waals surface area contributed by atoms with E-state index in [1.807, 2.05) is 6.07 Å². The number of methoxy groups -OCH3 is 1. The van der Waals surface area contributed by atoms with Crippen molar-refractivity contribution in [2.24, 2.45) is 0 Å². The Bertz CT molecular complexity index is 1100. The van der Waals surface area contributed by atoms with Gasteiger partial charge in [-0.2, -0.15) is 8.42 Å². The lowest BCUT2D eigenvalue weighted by Crippen LogP contribution is -2.28. The first-order valence-electron chi connectivity index (χ1n) is 10.3. The summed E-state index contributed by atoms with van der Waals surface area (Å²) in [6, 6.07) is 12.8. The lowest BCUT2D eigenvalue weighted by molar-refractivity contribution is 0.299. The fourth-order valence-corrected chi connectivity index (χ4v) is 4.14. The van der Waals surface area contributed by atoms with Gasteiger partial charge < -0.3 is 14.1 Å². The number of ether oxygens (including phenoxy) is 1. The van der Waals surface area contributed by atoms with Crippen LogP contribution in [0.4, 0.5) is 0 Å². The Balaban J connectivity index is 0.000000491. The molecule has 0 fully saturated rings. The van der Waals surface area contributed by atoms with Gasteiger partial charge in [0, 0.05) is 13.1 Å². The second-order valence-corrected chi connectivity index (χ2v) is 9.48. The third-order valence-electron chi connectivity index (χ3n) is 5.52. The van der Waals surface area contributed by atoms with Crippen molar-refractivity contribution in [1.82, 2.24) is 9.88 Å². The number of hydrogen-bond donors (Lipinski definition) is 1. The van der Waals surface area contributed by atoms with E-state index in [9.17, 15) is 8.42 Å². The summed E-state index contributed by atoms with van der Waals surface area (Å²) in [6.45, 7) is 2.13. The highest BCUT2D eigenvalue weighted by Crippen LogP contribution is 2.36. The van der Waals surface area contributed by atoms with Gasteiger partial charge >= 0.3 is 0 Å². The molecule has 0 aliphatic heterocycles. The number of likely N-dealkylation sites (N-methyl/N-ethyl adjacent to an activating group) is 1. The van der Waals surface area contributed by atoms with Crippen LogP contribution in [-0.2, 0) is 23.0 Å². The van der Waals surface area contributed by atoms with Crippen LogP contribution in [0.5, 0.6) is 5.75 Å². The SMILES string of the molecule is COc1cccc2c1CCC[C@H]2CN(C)CCc1ccc2ocnc2c1.CS(=O)(=O)O. The molecule has 1 atom stereocenters. The monoisotopic (exact) mass is 446 g/mol. The maximum atomic E-state index is 9.19. The van der Waals surface area contributed by atoms with Crippen LogP contribution < -0.4 is 4.74 Å². The van der Waals surface area contributed by atoms with Gasteiger partial charge in [0.25, 0.3) is 10.1 Å². The smallest absolute Gasteiger partial charge is 0.261 e. The molecule has 2 aromatic carbocycles. The van der Waals surface area contributed by atoms with E-state index < -0.39 is 10.1 Å². The van der Waals surface area contributed by atoms with Crippen LogP contribution in [0.2, 0.25) is 0 Å².